The summed E-state index contributed by atoms with van der Waals surface area (Å²) >= 11 is 0. The SMILES string of the molecule is Cc1[nH]c(/C=C2\C(=O)Nc3ccc(F)cc32)c(C)c1OC(=O)N[C@@H]1CON(CCN2CCOCC2)C1=O. The minimum Gasteiger partial charge on any atom is -0.408 e. The second-order valence-electron chi connectivity index (χ2n) is 9.10. The molecule has 0 spiro atoms. The lowest BCUT2D eigenvalue weighted by Crippen LogP contribution is -2.46. The number of carbonyl (C=O) groups is 3. The molecule has 5 rings (SSSR count). The molecule has 3 aliphatic rings. The molecule has 11 nitrogen and oxygen atoms in total. The number of ether oxygens (including phenoxy) is 2. The summed E-state index contributed by atoms with van der Waals surface area (Å²) in [5.41, 5.74) is 2.95. The molecule has 1 aromatic heterocycles. The lowest BCUT2D eigenvalue weighted by molar-refractivity contribution is -0.163. The molecule has 0 radical (unpaired) electrons. The molecular weight excluding hydrogens is 485 g/mol. The van der Waals surface area contributed by atoms with Crippen LogP contribution in [0, 0.1) is 19.7 Å². The fraction of sp³-hybridized carbons (Fsp3) is 0.400. The summed E-state index contributed by atoms with van der Waals surface area (Å²) in [5, 5.41) is 6.54. The van der Waals surface area contributed by atoms with Crippen LogP contribution in [0.25, 0.3) is 11.6 Å². The zero-order valence-electron chi connectivity index (χ0n) is 20.6. The molecule has 2 saturated heterocycles. The molecule has 0 bridgehead atoms. The number of nitrogens with one attached hydrogen (secondary N) is 3. The molecular formula is C25H28FN5O6. The number of nitrogens with zero attached hydrogens (tertiary/aromatic N) is 2. The van der Waals surface area contributed by atoms with Gasteiger partial charge < -0.3 is 25.1 Å². The molecule has 0 aliphatic carbocycles. The number of anilines is 1. The van der Waals surface area contributed by atoms with Crippen molar-refractivity contribution in [3.05, 3.63) is 46.5 Å². The number of H-pyrrole nitrogens is 1. The predicted molar refractivity (Wildman–Crippen MR) is 131 cm³/mol. The predicted octanol–water partition coefficient (Wildman–Crippen LogP) is 1.83. The second kappa shape index (κ2) is 10.3. The summed E-state index contributed by atoms with van der Waals surface area (Å²) in [6.45, 7) is 7.45. The molecule has 4 heterocycles. The van der Waals surface area contributed by atoms with Crippen LogP contribution in [0.3, 0.4) is 0 Å². The zero-order chi connectivity index (χ0) is 26.1. The van der Waals surface area contributed by atoms with Gasteiger partial charge in [0.25, 0.3) is 11.8 Å². The first-order chi connectivity index (χ1) is 17.8. The number of amides is 3. The largest absolute Gasteiger partial charge is 0.413 e. The Kier molecular flexibility index (Phi) is 6.96. The number of rotatable bonds is 6. The summed E-state index contributed by atoms with van der Waals surface area (Å²) < 4.78 is 24.6. The third-order valence-corrected chi connectivity index (χ3v) is 6.61. The number of benzene rings is 1. The number of fused-ring (bicyclic) bond motifs is 1. The Balaban J connectivity index is 1.22. The zero-order valence-corrected chi connectivity index (χ0v) is 20.6. The number of hydrogen-bond donors (Lipinski definition) is 3. The first-order valence-electron chi connectivity index (χ1n) is 12.0. The molecule has 1 aromatic carbocycles. The van der Waals surface area contributed by atoms with Crippen LogP contribution in [-0.2, 0) is 19.2 Å². The number of aromatic amines is 1. The highest BCUT2D eigenvalue weighted by atomic mass is 19.1. The van der Waals surface area contributed by atoms with Crippen molar-refractivity contribution in [3.63, 3.8) is 0 Å². The van der Waals surface area contributed by atoms with Gasteiger partial charge in [0.1, 0.15) is 18.5 Å². The van der Waals surface area contributed by atoms with Gasteiger partial charge in [-0.15, -0.1) is 0 Å². The molecule has 196 valence electrons. The fourth-order valence-corrected chi connectivity index (χ4v) is 4.57. The van der Waals surface area contributed by atoms with Gasteiger partial charge in [0, 0.05) is 42.1 Å². The van der Waals surface area contributed by atoms with Crippen molar-refractivity contribution < 1.29 is 33.1 Å². The number of halogens is 1. The lowest BCUT2D eigenvalue weighted by atomic mass is 10.0. The summed E-state index contributed by atoms with van der Waals surface area (Å²) in [7, 11) is 0. The summed E-state index contributed by atoms with van der Waals surface area (Å²) in [6, 6.07) is 3.22. The number of carbonyl (C=O) groups excluding carboxylic acids is 3. The van der Waals surface area contributed by atoms with Crippen molar-refractivity contribution >= 4 is 35.2 Å². The van der Waals surface area contributed by atoms with Crippen molar-refractivity contribution in [1.29, 1.82) is 0 Å². The van der Waals surface area contributed by atoms with Crippen LogP contribution in [0.1, 0.15) is 22.5 Å². The number of morpholine rings is 1. The Bertz CT molecular complexity index is 1270. The topological polar surface area (TPSA) is 125 Å². The highest BCUT2D eigenvalue weighted by Crippen LogP contribution is 2.35. The molecule has 3 aliphatic heterocycles. The van der Waals surface area contributed by atoms with E-state index in [0.29, 0.717) is 60.1 Å². The molecule has 2 fully saturated rings. The van der Waals surface area contributed by atoms with E-state index < -0.39 is 18.0 Å². The van der Waals surface area contributed by atoms with Crippen molar-refractivity contribution in [2.45, 2.75) is 19.9 Å². The molecule has 3 N–H and O–H groups in total. The molecule has 0 saturated carbocycles. The molecule has 0 unspecified atom stereocenters. The first kappa shape index (κ1) is 24.9. The van der Waals surface area contributed by atoms with Gasteiger partial charge in [0.15, 0.2) is 5.75 Å². The van der Waals surface area contributed by atoms with Crippen LogP contribution in [0.2, 0.25) is 0 Å². The summed E-state index contributed by atoms with van der Waals surface area (Å²) in [4.78, 5) is 48.5. The average Bonchev–Trinajstić information content (AvgIpc) is 3.47. The monoisotopic (exact) mass is 513 g/mol. The minimum atomic E-state index is -0.855. The van der Waals surface area contributed by atoms with Gasteiger partial charge in [-0.2, -0.15) is 0 Å². The van der Waals surface area contributed by atoms with E-state index in [2.05, 4.69) is 20.5 Å². The molecule has 1 atom stereocenters. The van der Waals surface area contributed by atoms with E-state index >= 15 is 0 Å². The highest BCUT2D eigenvalue weighted by Gasteiger charge is 2.35. The fourth-order valence-electron chi connectivity index (χ4n) is 4.57. The number of aromatic nitrogens is 1. The Labute approximate surface area is 212 Å². The van der Waals surface area contributed by atoms with Crippen LogP contribution < -0.4 is 15.4 Å². The molecule has 2 aromatic rings. The van der Waals surface area contributed by atoms with E-state index in [0.717, 1.165) is 13.1 Å². The third-order valence-electron chi connectivity index (χ3n) is 6.61. The number of aryl methyl sites for hydroxylation is 1. The first-order valence-corrected chi connectivity index (χ1v) is 12.0. The van der Waals surface area contributed by atoms with Gasteiger partial charge in [0.05, 0.1) is 31.0 Å². The van der Waals surface area contributed by atoms with Gasteiger partial charge in [-0.25, -0.2) is 14.2 Å². The van der Waals surface area contributed by atoms with Crippen LogP contribution >= 0.6 is 0 Å². The van der Waals surface area contributed by atoms with Crippen molar-refractivity contribution in [2.75, 3.05) is 51.3 Å². The normalized spacial score (nSPS) is 20.9. The van der Waals surface area contributed by atoms with E-state index in [4.69, 9.17) is 14.3 Å². The Morgan fingerprint density at radius 1 is 1.24 bits per heavy atom. The third kappa shape index (κ3) is 5.22. The summed E-state index contributed by atoms with van der Waals surface area (Å²) in [6.07, 6.45) is 0.793. The average molecular weight is 514 g/mol. The maximum atomic E-state index is 13.8. The van der Waals surface area contributed by atoms with Crippen molar-refractivity contribution in [1.82, 2.24) is 20.3 Å². The van der Waals surface area contributed by atoms with Crippen LogP contribution in [0.5, 0.6) is 5.75 Å². The van der Waals surface area contributed by atoms with E-state index in [9.17, 15) is 18.8 Å². The number of hydroxylamine groups is 2. The number of hydrogen-bond acceptors (Lipinski definition) is 7. The van der Waals surface area contributed by atoms with E-state index in [1.54, 1.807) is 19.9 Å². The van der Waals surface area contributed by atoms with Gasteiger partial charge >= 0.3 is 6.09 Å². The second-order valence-corrected chi connectivity index (χ2v) is 9.10. The van der Waals surface area contributed by atoms with Gasteiger partial charge in [0.2, 0.25) is 0 Å². The Morgan fingerprint density at radius 3 is 2.81 bits per heavy atom. The Morgan fingerprint density at radius 2 is 2.03 bits per heavy atom. The maximum Gasteiger partial charge on any atom is 0.413 e. The molecule has 37 heavy (non-hydrogen) atoms. The maximum absolute atomic E-state index is 13.8. The van der Waals surface area contributed by atoms with Gasteiger partial charge in [-0.1, -0.05) is 0 Å². The van der Waals surface area contributed by atoms with Crippen LogP contribution in [0.4, 0.5) is 14.9 Å². The quantitative estimate of drug-likeness (QED) is 0.504. The lowest BCUT2D eigenvalue weighted by Gasteiger charge is -2.27. The van der Waals surface area contributed by atoms with Crippen molar-refractivity contribution in [3.8, 4) is 5.75 Å². The molecule has 3 amide bonds. The smallest absolute Gasteiger partial charge is 0.408 e. The van der Waals surface area contributed by atoms with E-state index in [-0.39, 0.29) is 24.2 Å². The molecule has 12 heteroatoms. The Hall–Kier alpha value is -3.74. The van der Waals surface area contributed by atoms with Gasteiger partial charge in [-0.05, 0) is 38.1 Å². The standard InChI is InChI=1S/C25H28FN5O6/c1-14-20(12-18-17-11-16(26)3-4-19(17)28-23(18)32)27-15(2)22(14)37-25(34)29-21-13-36-31(24(21)33)6-5-30-7-9-35-10-8-30/h3-4,11-12,21,27H,5-10,13H2,1-2H3,(H,28,32)(H,29,34)/b18-12-/t21-/m1/s1. The van der Waals surface area contributed by atoms with E-state index in [1.807, 2.05) is 0 Å². The van der Waals surface area contributed by atoms with Crippen LogP contribution in [0.15, 0.2) is 18.2 Å². The van der Waals surface area contributed by atoms with E-state index in [1.165, 1.54) is 23.3 Å². The van der Waals surface area contributed by atoms with Crippen molar-refractivity contribution in [2.24, 2.45) is 0 Å². The minimum absolute atomic E-state index is 0.0184. The van der Waals surface area contributed by atoms with Crippen LogP contribution in [-0.4, -0.2) is 84.9 Å². The summed E-state index contributed by atoms with van der Waals surface area (Å²) in [5.74, 6) is -0.870. The highest BCUT2D eigenvalue weighted by molar-refractivity contribution is 6.34. The van der Waals surface area contributed by atoms with Gasteiger partial charge in [-0.3, -0.25) is 19.3 Å².